The van der Waals surface area contributed by atoms with Crippen LogP contribution < -0.4 is 10.7 Å². The molecule has 1 amide bonds. The molecule has 2 atom stereocenters. The molecule has 2 aromatic carbocycles. The second-order valence-electron chi connectivity index (χ2n) is 6.37. The van der Waals surface area contributed by atoms with Crippen molar-refractivity contribution in [1.82, 2.24) is 14.9 Å². The van der Waals surface area contributed by atoms with Crippen LogP contribution in [0.4, 0.5) is 10.1 Å². The van der Waals surface area contributed by atoms with Gasteiger partial charge in [-0.25, -0.2) is 9.07 Å². The minimum absolute atomic E-state index is 0.150. The Morgan fingerprint density at radius 1 is 1.15 bits per heavy atom. The van der Waals surface area contributed by atoms with Crippen molar-refractivity contribution >= 4 is 23.4 Å². The maximum atomic E-state index is 13.4. The van der Waals surface area contributed by atoms with Gasteiger partial charge in [-0.3, -0.25) is 4.79 Å². The van der Waals surface area contributed by atoms with Crippen LogP contribution in [0.1, 0.15) is 23.0 Å². The lowest BCUT2D eigenvalue weighted by Gasteiger charge is -2.32. The van der Waals surface area contributed by atoms with Crippen molar-refractivity contribution in [1.29, 1.82) is 0 Å². The molecule has 2 heterocycles. The van der Waals surface area contributed by atoms with Gasteiger partial charge in [0.1, 0.15) is 16.9 Å². The number of hydrogen-bond donors (Lipinski definition) is 2. The van der Waals surface area contributed by atoms with Crippen LogP contribution in [-0.4, -0.2) is 26.0 Å². The van der Waals surface area contributed by atoms with Crippen molar-refractivity contribution in [3.05, 3.63) is 71.3 Å². The zero-order valence-electron chi connectivity index (χ0n) is 14.8. The number of aryl methyl sites for hydroxylation is 2. The van der Waals surface area contributed by atoms with Crippen LogP contribution in [0.5, 0.6) is 0 Å². The Labute approximate surface area is 160 Å². The first kappa shape index (κ1) is 17.5. The van der Waals surface area contributed by atoms with Crippen LogP contribution in [0.15, 0.2) is 53.7 Å². The number of benzene rings is 2. The van der Waals surface area contributed by atoms with E-state index in [1.807, 2.05) is 38.1 Å². The lowest BCUT2D eigenvalue weighted by molar-refractivity contribution is -0.116. The smallest absolute Gasteiger partial charge is 0.240 e. The van der Waals surface area contributed by atoms with Crippen molar-refractivity contribution in [2.45, 2.75) is 30.3 Å². The molecule has 1 aromatic heterocycles. The first-order chi connectivity index (χ1) is 13.0. The summed E-state index contributed by atoms with van der Waals surface area (Å²) in [5.41, 5.74) is 5.86. The van der Waals surface area contributed by atoms with E-state index in [0.29, 0.717) is 11.0 Å². The van der Waals surface area contributed by atoms with Gasteiger partial charge in [-0.2, -0.15) is 0 Å². The minimum atomic E-state index is -0.494. The first-order valence-electron chi connectivity index (χ1n) is 8.50. The van der Waals surface area contributed by atoms with Crippen molar-refractivity contribution in [2.75, 3.05) is 10.7 Å². The average Bonchev–Trinajstić information content (AvgIpc) is 3.03. The fourth-order valence-corrected chi connectivity index (χ4v) is 4.12. The van der Waals surface area contributed by atoms with E-state index in [4.69, 9.17) is 0 Å². The molecule has 0 unspecified atom stereocenters. The quantitative estimate of drug-likeness (QED) is 0.725. The molecule has 3 aromatic rings. The predicted octanol–water partition coefficient (Wildman–Crippen LogP) is 3.43. The molecule has 138 valence electrons. The van der Waals surface area contributed by atoms with Gasteiger partial charge in [0.15, 0.2) is 0 Å². The molecule has 1 aliphatic rings. The van der Waals surface area contributed by atoms with Crippen molar-refractivity contribution in [3.63, 3.8) is 0 Å². The number of fused-ring (bicyclic) bond motifs is 1. The summed E-state index contributed by atoms with van der Waals surface area (Å²) in [6, 6.07) is 13.4. The number of carbonyl (C=O) groups is 1. The molecule has 0 bridgehead atoms. The molecule has 2 N–H and O–H groups in total. The minimum Gasteiger partial charge on any atom is -0.325 e. The number of thioether (sulfide) groups is 1. The molecule has 0 saturated carbocycles. The SMILES string of the molecule is Cc1ccccc1NC(=O)[C@H]1Sc2nnc(C)n2N[C@@H]1c1ccc(F)cc1. The van der Waals surface area contributed by atoms with Crippen molar-refractivity contribution < 1.29 is 9.18 Å². The normalized spacial score (nSPS) is 18.5. The van der Waals surface area contributed by atoms with Crippen LogP contribution in [-0.2, 0) is 4.79 Å². The topological polar surface area (TPSA) is 71.8 Å². The Morgan fingerprint density at radius 2 is 1.89 bits per heavy atom. The highest BCUT2D eigenvalue weighted by Crippen LogP contribution is 2.37. The van der Waals surface area contributed by atoms with Gasteiger partial charge in [-0.05, 0) is 43.2 Å². The Hall–Kier alpha value is -2.87. The maximum absolute atomic E-state index is 13.4. The van der Waals surface area contributed by atoms with Crippen LogP contribution in [0.2, 0.25) is 0 Å². The summed E-state index contributed by atoms with van der Waals surface area (Å²) in [5.74, 6) is 0.231. The van der Waals surface area contributed by atoms with Gasteiger partial charge in [0.2, 0.25) is 11.1 Å². The number of nitrogens with one attached hydrogen (secondary N) is 2. The predicted molar refractivity (Wildman–Crippen MR) is 103 cm³/mol. The van der Waals surface area contributed by atoms with E-state index in [2.05, 4.69) is 20.9 Å². The van der Waals surface area contributed by atoms with Gasteiger partial charge < -0.3 is 10.7 Å². The van der Waals surface area contributed by atoms with Crippen LogP contribution >= 0.6 is 11.8 Å². The van der Waals surface area contributed by atoms with E-state index in [9.17, 15) is 9.18 Å². The highest BCUT2D eigenvalue weighted by molar-refractivity contribution is 8.00. The zero-order valence-corrected chi connectivity index (χ0v) is 15.6. The number of anilines is 1. The third-order valence-electron chi connectivity index (χ3n) is 4.49. The van der Waals surface area contributed by atoms with Crippen LogP contribution in [0.3, 0.4) is 0 Å². The standard InChI is InChI=1S/C19H18FN5OS/c1-11-5-3-4-6-15(11)21-18(26)17-16(13-7-9-14(20)10-8-13)24-25-12(2)22-23-19(25)27-17/h3-10,16-17,24H,1-2H3,(H,21,26)/t16-,17+/m1/s1. The van der Waals surface area contributed by atoms with E-state index in [0.717, 1.165) is 16.8 Å². The molecular formula is C19H18FN5OS. The van der Waals surface area contributed by atoms with Crippen molar-refractivity contribution in [3.8, 4) is 0 Å². The lowest BCUT2D eigenvalue weighted by atomic mass is 10.0. The summed E-state index contributed by atoms with van der Waals surface area (Å²) in [6.07, 6.45) is 0. The maximum Gasteiger partial charge on any atom is 0.240 e. The largest absolute Gasteiger partial charge is 0.325 e. The zero-order chi connectivity index (χ0) is 19.0. The van der Waals surface area contributed by atoms with E-state index < -0.39 is 5.25 Å². The molecule has 1 aliphatic heterocycles. The Kier molecular flexibility index (Phi) is 4.57. The number of carbonyl (C=O) groups excluding carboxylic acids is 1. The molecule has 0 saturated heterocycles. The third kappa shape index (κ3) is 3.40. The summed E-state index contributed by atoms with van der Waals surface area (Å²) >= 11 is 1.34. The second kappa shape index (κ2) is 7.03. The van der Waals surface area contributed by atoms with Gasteiger partial charge in [0.05, 0.1) is 6.04 Å². The molecular weight excluding hydrogens is 365 g/mol. The molecule has 8 heteroatoms. The molecule has 0 aliphatic carbocycles. The number of halogens is 1. The Morgan fingerprint density at radius 3 is 2.63 bits per heavy atom. The summed E-state index contributed by atoms with van der Waals surface area (Å²) < 4.78 is 15.1. The number of amides is 1. The summed E-state index contributed by atoms with van der Waals surface area (Å²) in [6.45, 7) is 3.78. The average molecular weight is 383 g/mol. The van der Waals surface area contributed by atoms with E-state index in [1.54, 1.807) is 16.8 Å². The van der Waals surface area contributed by atoms with Crippen LogP contribution in [0.25, 0.3) is 0 Å². The number of hydrogen-bond acceptors (Lipinski definition) is 5. The summed E-state index contributed by atoms with van der Waals surface area (Å²) in [5, 5.41) is 11.3. The molecule has 0 spiro atoms. The fraction of sp³-hybridized carbons (Fsp3) is 0.211. The third-order valence-corrected chi connectivity index (χ3v) is 5.70. The van der Waals surface area contributed by atoms with Gasteiger partial charge in [-0.1, -0.05) is 42.1 Å². The number of aromatic nitrogens is 3. The van der Waals surface area contributed by atoms with Gasteiger partial charge >= 0.3 is 0 Å². The lowest BCUT2D eigenvalue weighted by Crippen LogP contribution is -2.41. The van der Waals surface area contributed by atoms with E-state index in [-0.39, 0.29) is 17.8 Å². The molecule has 0 radical (unpaired) electrons. The molecule has 27 heavy (non-hydrogen) atoms. The fourth-order valence-electron chi connectivity index (χ4n) is 3.00. The van der Waals surface area contributed by atoms with Gasteiger partial charge in [0, 0.05) is 5.69 Å². The van der Waals surface area contributed by atoms with Crippen LogP contribution in [0, 0.1) is 19.7 Å². The summed E-state index contributed by atoms with van der Waals surface area (Å²) in [4.78, 5) is 13.1. The molecule has 0 fully saturated rings. The Bertz CT molecular complexity index is 988. The number of nitrogens with zero attached hydrogens (tertiary/aromatic N) is 3. The highest BCUT2D eigenvalue weighted by Gasteiger charge is 2.37. The highest BCUT2D eigenvalue weighted by atomic mass is 32.2. The number of rotatable bonds is 3. The van der Waals surface area contributed by atoms with Crippen molar-refractivity contribution in [2.24, 2.45) is 0 Å². The Balaban J connectivity index is 1.68. The van der Waals surface area contributed by atoms with E-state index >= 15 is 0 Å². The number of para-hydroxylation sites is 1. The van der Waals surface area contributed by atoms with Gasteiger partial charge in [0.25, 0.3) is 0 Å². The van der Waals surface area contributed by atoms with Gasteiger partial charge in [-0.15, -0.1) is 10.2 Å². The summed E-state index contributed by atoms with van der Waals surface area (Å²) in [7, 11) is 0. The first-order valence-corrected chi connectivity index (χ1v) is 9.38. The molecule has 6 nitrogen and oxygen atoms in total. The second-order valence-corrected chi connectivity index (χ2v) is 7.47. The van der Waals surface area contributed by atoms with E-state index in [1.165, 1.54) is 23.9 Å². The monoisotopic (exact) mass is 383 g/mol. The molecule has 4 rings (SSSR count).